The minimum absolute atomic E-state index is 0.0758. The molecule has 0 spiro atoms. The molecule has 25 heavy (non-hydrogen) atoms. The number of ether oxygens (including phenoxy) is 4. The number of benzene rings is 2. The van der Waals surface area contributed by atoms with Gasteiger partial charge in [-0.1, -0.05) is 0 Å². The molecule has 3 rings (SSSR count). The van der Waals surface area contributed by atoms with Crippen LogP contribution in [0.1, 0.15) is 19.4 Å². The highest BCUT2D eigenvalue weighted by atomic mass is 79.9. The number of nitrogens with one attached hydrogen (secondary N) is 1. The Hall–Kier alpha value is -2.08. The highest BCUT2D eigenvalue weighted by molar-refractivity contribution is 9.10. The fourth-order valence-electron chi connectivity index (χ4n) is 2.58. The van der Waals surface area contributed by atoms with Gasteiger partial charge >= 0.3 is 0 Å². The molecule has 1 N–H and O–H groups in total. The zero-order valence-corrected chi connectivity index (χ0v) is 16.2. The summed E-state index contributed by atoms with van der Waals surface area (Å²) in [4.78, 5) is 0. The van der Waals surface area contributed by atoms with Gasteiger partial charge in [0.05, 0.1) is 17.7 Å². The molecule has 2 aromatic carbocycles. The van der Waals surface area contributed by atoms with E-state index in [0.717, 1.165) is 33.0 Å². The lowest BCUT2D eigenvalue weighted by atomic mass is 10.2. The maximum Gasteiger partial charge on any atom is 0.175 e. The Balaban J connectivity index is 1.73. The molecule has 134 valence electrons. The molecular formula is C19H22BrNO4. The van der Waals surface area contributed by atoms with Crippen molar-refractivity contribution in [2.75, 3.05) is 25.6 Å². The number of fused-ring (bicyclic) bond motifs is 1. The van der Waals surface area contributed by atoms with Crippen molar-refractivity contribution in [3.05, 3.63) is 40.4 Å². The van der Waals surface area contributed by atoms with E-state index in [1.165, 1.54) is 0 Å². The molecule has 0 saturated heterocycles. The lowest BCUT2D eigenvalue weighted by Gasteiger charge is -2.19. The number of rotatable bonds is 6. The second-order valence-corrected chi connectivity index (χ2v) is 6.84. The van der Waals surface area contributed by atoms with Crippen molar-refractivity contribution in [1.82, 2.24) is 0 Å². The average Bonchev–Trinajstić information content (AvgIpc) is 2.61. The fraction of sp³-hybridized carbons (Fsp3) is 0.368. The third kappa shape index (κ3) is 4.31. The molecule has 0 fully saturated rings. The van der Waals surface area contributed by atoms with Crippen LogP contribution in [-0.2, 0) is 6.54 Å². The Kier molecular flexibility index (Phi) is 5.58. The van der Waals surface area contributed by atoms with Crippen LogP contribution in [0.3, 0.4) is 0 Å². The second-order valence-electron chi connectivity index (χ2n) is 5.99. The predicted molar refractivity (Wildman–Crippen MR) is 101 cm³/mol. The summed E-state index contributed by atoms with van der Waals surface area (Å²) in [5.74, 6) is 3.00. The fourth-order valence-corrected chi connectivity index (χ4v) is 3.17. The summed E-state index contributed by atoms with van der Waals surface area (Å²) in [5.41, 5.74) is 2.05. The van der Waals surface area contributed by atoms with E-state index >= 15 is 0 Å². The van der Waals surface area contributed by atoms with Crippen molar-refractivity contribution < 1.29 is 18.9 Å². The predicted octanol–water partition coefficient (Wildman–Crippen LogP) is 4.63. The summed E-state index contributed by atoms with van der Waals surface area (Å²) in [5, 5.41) is 3.40. The van der Waals surface area contributed by atoms with Gasteiger partial charge in [-0.25, -0.2) is 0 Å². The van der Waals surface area contributed by atoms with Gasteiger partial charge in [-0.05, 0) is 59.6 Å². The molecule has 0 aliphatic carbocycles. The van der Waals surface area contributed by atoms with Crippen molar-refractivity contribution in [3.8, 4) is 23.0 Å². The highest BCUT2D eigenvalue weighted by Gasteiger charge is 2.14. The third-order valence-electron chi connectivity index (χ3n) is 3.68. The quantitative estimate of drug-likeness (QED) is 0.756. The van der Waals surface area contributed by atoms with E-state index in [0.29, 0.717) is 25.5 Å². The van der Waals surface area contributed by atoms with Crippen molar-refractivity contribution >= 4 is 21.6 Å². The summed E-state index contributed by atoms with van der Waals surface area (Å²) in [6.45, 7) is 5.80. The van der Waals surface area contributed by atoms with E-state index < -0.39 is 0 Å². The Morgan fingerprint density at radius 3 is 2.60 bits per heavy atom. The normalized spacial score (nSPS) is 12.8. The molecule has 5 nitrogen and oxygen atoms in total. The molecule has 0 amide bonds. The lowest BCUT2D eigenvalue weighted by molar-refractivity contribution is 0.171. The molecule has 0 aromatic heterocycles. The van der Waals surface area contributed by atoms with E-state index in [9.17, 15) is 0 Å². The maximum absolute atomic E-state index is 5.82. The second kappa shape index (κ2) is 7.87. The molecule has 2 aromatic rings. The zero-order chi connectivity index (χ0) is 17.8. The van der Waals surface area contributed by atoms with Crippen LogP contribution in [0, 0.1) is 0 Å². The molecule has 1 heterocycles. The van der Waals surface area contributed by atoms with Crippen LogP contribution >= 0.6 is 15.9 Å². The summed E-state index contributed by atoms with van der Waals surface area (Å²) >= 11 is 3.57. The first-order valence-corrected chi connectivity index (χ1v) is 9.02. The Labute approximate surface area is 156 Å². The van der Waals surface area contributed by atoms with Gasteiger partial charge in [0.15, 0.2) is 23.0 Å². The smallest absolute Gasteiger partial charge is 0.175 e. The zero-order valence-electron chi connectivity index (χ0n) is 14.6. The van der Waals surface area contributed by atoms with Crippen molar-refractivity contribution in [2.24, 2.45) is 0 Å². The summed E-state index contributed by atoms with van der Waals surface area (Å²) in [6.07, 6.45) is 0.0758. The van der Waals surface area contributed by atoms with E-state index in [1.807, 2.05) is 44.2 Å². The number of methoxy groups -OCH3 is 1. The van der Waals surface area contributed by atoms with Crippen LogP contribution in [0.4, 0.5) is 5.69 Å². The first kappa shape index (κ1) is 17.7. The number of hydrogen-bond donors (Lipinski definition) is 1. The van der Waals surface area contributed by atoms with Crippen LogP contribution in [0.2, 0.25) is 0 Å². The van der Waals surface area contributed by atoms with Gasteiger partial charge < -0.3 is 24.3 Å². The first-order valence-electron chi connectivity index (χ1n) is 8.23. The monoisotopic (exact) mass is 407 g/mol. The van der Waals surface area contributed by atoms with Crippen LogP contribution in [0.25, 0.3) is 0 Å². The maximum atomic E-state index is 5.82. The van der Waals surface area contributed by atoms with Gasteiger partial charge in [0, 0.05) is 18.3 Å². The van der Waals surface area contributed by atoms with Gasteiger partial charge in [-0.2, -0.15) is 0 Å². The molecule has 1 aliphatic heterocycles. The molecule has 0 bridgehead atoms. The van der Waals surface area contributed by atoms with Crippen LogP contribution in [0.5, 0.6) is 23.0 Å². The van der Waals surface area contributed by atoms with Gasteiger partial charge in [-0.3, -0.25) is 0 Å². The van der Waals surface area contributed by atoms with Gasteiger partial charge in [-0.15, -0.1) is 0 Å². The number of hydrogen-bond acceptors (Lipinski definition) is 5. The number of halogens is 1. The summed E-state index contributed by atoms with van der Waals surface area (Å²) < 4.78 is 23.3. The van der Waals surface area contributed by atoms with Crippen LogP contribution in [-0.4, -0.2) is 26.4 Å². The SMILES string of the molecule is COc1cc(CNc2ccc3c(c2)OCCO3)cc(Br)c1OC(C)C. The number of anilines is 1. The molecular weight excluding hydrogens is 386 g/mol. The Bertz CT molecular complexity index is 748. The Morgan fingerprint density at radius 1 is 1.12 bits per heavy atom. The molecule has 0 atom stereocenters. The molecule has 6 heteroatoms. The minimum atomic E-state index is 0.0758. The van der Waals surface area contributed by atoms with E-state index in [-0.39, 0.29) is 6.10 Å². The third-order valence-corrected chi connectivity index (χ3v) is 4.27. The van der Waals surface area contributed by atoms with Crippen molar-refractivity contribution in [3.63, 3.8) is 0 Å². The van der Waals surface area contributed by atoms with Gasteiger partial charge in [0.2, 0.25) is 0 Å². The van der Waals surface area contributed by atoms with Crippen molar-refractivity contribution in [2.45, 2.75) is 26.5 Å². The van der Waals surface area contributed by atoms with E-state index in [1.54, 1.807) is 7.11 Å². The van der Waals surface area contributed by atoms with Crippen molar-refractivity contribution in [1.29, 1.82) is 0 Å². The highest BCUT2D eigenvalue weighted by Crippen LogP contribution is 2.38. The molecule has 0 unspecified atom stereocenters. The van der Waals surface area contributed by atoms with Crippen LogP contribution in [0.15, 0.2) is 34.8 Å². The molecule has 0 radical (unpaired) electrons. The summed E-state index contributed by atoms with van der Waals surface area (Å²) in [6, 6.07) is 9.87. The average molecular weight is 408 g/mol. The van der Waals surface area contributed by atoms with Crippen LogP contribution < -0.4 is 24.3 Å². The van der Waals surface area contributed by atoms with E-state index in [4.69, 9.17) is 18.9 Å². The van der Waals surface area contributed by atoms with Gasteiger partial charge in [0.25, 0.3) is 0 Å². The summed E-state index contributed by atoms with van der Waals surface area (Å²) in [7, 11) is 1.65. The van der Waals surface area contributed by atoms with E-state index in [2.05, 4.69) is 21.2 Å². The molecule has 0 saturated carbocycles. The first-order chi connectivity index (χ1) is 12.1. The Morgan fingerprint density at radius 2 is 1.88 bits per heavy atom. The lowest BCUT2D eigenvalue weighted by Crippen LogP contribution is -2.15. The topological polar surface area (TPSA) is 49.0 Å². The van der Waals surface area contributed by atoms with Gasteiger partial charge in [0.1, 0.15) is 13.2 Å². The standard InChI is InChI=1S/C19H22BrNO4/c1-12(2)25-19-15(20)8-13(9-18(19)22-3)11-21-14-4-5-16-17(10-14)24-7-6-23-16/h4-5,8-10,12,21H,6-7,11H2,1-3H3. The minimum Gasteiger partial charge on any atom is -0.493 e. The molecule has 1 aliphatic rings. The largest absolute Gasteiger partial charge is 0.493 e.